The molecule has 1 heterocycles. The van der Waals surface area contributed by atoms with E-state index in [0.29, 0.717) is 0 Å². The highest BCUT2D eigenvalue weighted by molar-refractivity contribution is 5.83. The van der Waals surface area contributed by atoms with Crippen LogP contribution >= 0.6 is 0 Å². The van der Waals surface area contributed by atoms with Crippen LogP contribution in [0.4, 0.5) is 0 Å². The largest absolute Gasteiger partial charge is 0.361 e. The Morgan fingerprint density at radius 2 is 2.16 bits per heavy atom. The molecular formula is C17H24N2. The molecule has 0 amide bonds. The highest BCUT2D eigenvalue weighted by atomic mass is 14.9. The maximum atomic E-state index is 3.73. The Morgan fingerprint density at radius 1 is 1.26 bits per heavy atom. The average molecular weight is 256 g/mol. The molecule has 2 atom stereocenters. The second-order valence-corrected chi connectivity index (χ2v) is 5.85. The van der Waals surface area contributed by atoms with Gasteiger partial charge in [-0.05, 0) is 49.8 Å². The van der Waals surface area contributed by atoms with Crippen LogP contribution in [0.1, 0.15) is 38.2 Å². The molecular weight excluding hydrogens is 232 g/mol. The third-order valence-electron chi connectivity index (χ3n) is 4.62. The van der Waals surface area contributed by atoms with Crippen molar-refractivity contribution in [2.45, 2.75) is 45.1 Å². The molecule has 3 rings (SSSR count). The van der Waals surface area contributed by atoms with Gasteiger partial charge in [-0.25, -0.2) is 0 Å². The van der Waals surface area contributed by atoms with Gasteiger partial charge >= 0.3 is 0 Å². The second-order valence-electron chi connectivity index (χ2n) is 5.85. The van der Waals surface area contributed by atoms with Gasteiger partial charge in [0.25, 0.3) is 0 Å². The number of para-hydroxylation sites is 1. The summed E-state index contributed by atoms with van der Waals surface area (Å²) >= 11 is 0. The molecule has 1 aliphatic rings. The lowest BCUT2D eigenvalue weighted by atomic mass is 10.1. The summed E-state index contributed by atoms with van der Waals surface area (Å²) in [6.07, 6.45) is 8.80. The zero-order valence-corrected chi connectivity index (χ0v) is 11.8. The number of H-pyrrole nitrogens is 1. The first-order valence-electron chi connectivity index (χ1n) is 7.65. The zero-order valence-electron chi connectivity index (χ0n) is 11.8. The molecule has 2 nitrogen and oxygen atoms in total. The molecule has 1 aromatic carbocycles. The van der Waals surface area contributed by atoms with Crippen LogP contribution in [-0.2, 0) is 6.42 Å². The topological polar surface area (TPSA) is 27.8 Å². The van der Waals surface area contributed by atoms with E-state index in [1.165, 1.54) is 42.1 Å². The summed E-state index contributed by atoms with van der Waals surface area (Å²) in [4.78, 5) is 3.36. The van der Waals surface area contributed by atoms with E-state index in [4.69, 9.17) is 0 Å². The van der Waals surface area contributed by atoms with E-state index in [1.54, 1.807) is 0 Å². The molecule has 0 bridgehead atoms. The van der Waals surface area contributed by atoms with Crippen LogP contribution in [-0.4, -0.2) is 17.6 Å². The monoisotopic (exact) mass is 256 g/mol. The number of nitrogens with one attached hydrogen (secondary N) is 2. The van der Waals surface area contributed by atoms with Crippen LogP contribution in [0, 0.1) is 5.92 Å². The molecule has 1 fully saturated rings. The minimum absolute atomic E-state index is 0.759. The second kappa shape index (κ2) is 5.79. The van der Waals surface area contributed by atoms with E-state index in [-0.39, 0.29) is 0 Å². The summed E-state index contributed by atoms with van der Waals surface area (Å²) in [7, 11) is 0. The first kappa shape index (κ1) is 12.7. The highest BCUT2D eigenvalue weighted by Crippen LogP contribution is 2.27. The Bertz CT molecular complexity index is 529. The first-order valence-corrected chi connectivity index (χ1v) is 7.65. The van der Waals surface area contributed by atoms with E-state index < -0.39 is 0 Å². The van der Waals surface area contributed by atoms with Gasteiger partial charge in [-0.15, -0.1) is 0 Å². The van der Waals surface area contributed by atoms with Crippen molar-refractivity contribution in [2.24, 2.45) is 5.92 Å². The van der Waals surface area contributed by atoms with Gasteiger partial charge in [-0.3, -0.25) is 0 Å². The molecule has 102 valence electrons. The molecule has 1 aromatic heterocycles. The van der Waals surface area contributed by atoms with Crippen molar-refractivity contribution in [1.82, 2.24) is 10.3 Å². The van der Waals surface area contributed by atoms with E-state index in [1.807, 2.05) is 0 Å². The van der Waals surface area contributed by atoms with Crippen LogP contribution in [0.5, 0.6) is 0 Å². The number of aromatic nitrogens is 1. The van der Waals surface area contributed by atoms with Gasteiger partial charge in [0.2, 0.25) is 0 Å². The normalized spacial score (nSPS) is 23.2. The van der Waals surface area contributed by atoms with E-state index in [2.05, 4.69) is 47.7 Å². The average Bonchev–Trinajstić information content (AvgIpc) is 3.06. The van der Waals surface area contributed by atoms with Crippen LogP contribution in [0.25, 0.3) is 10.9 Å². The Kier molecular flexibility index (Phi) is 3.88. The van der Waals surface area contributed by atoms with Crippen LogP contribution in [0.2, 0.25) is 0 Å². The lowest BCUT2D eigenvalue weighted by Crippen LogP contribution is -2.28. The lowest BCUT2D eigenvalue weighted by molar-refractivity contribution is 0.479. The molecule has 2 aromatic rings. The number of aromatic amines is 1. The van der Waals surface area contributed by atoms with Crippen molar-refractivity contribution in [1.29, 1.82) is 0 Å². The number of hydrogen-bond acceptors (Lipinski definition) is 1. The molecule has 2 unspecified atom stereocenters. The summed E-state index contributed by atoms with van der Waals surface area (Å²) in [5.74, 6) is 0.964. The predicted octanol–water partition coefficient (Wildman–Crippen LogP) is 3.88. The Labute approximate surface area is 115 Å². The molecule has 0 radical (unpaired) electrons. The SMILES string of the molecule is CCC1CCC(NCCc2c[nH]c3ccccc23)C1. The fraction of sp³-hybridized carbons (Fsp3) is 0.529. The Hall–Kier alpha value is -1.28. The minimum Gasteiger partial charge on any atom is -0.361 e. The smallest absolute Gasteiger partial charge is 0.0456 e. The zero-order chi connectivity index (χ0) is 13.1. The summed E-state index contributed by atoms with van der Waals surface area (Å²) in [5, 5.41) is 5.11. The van der Waals surface area contributed by atoms with Gasteiger partial charge < -0.3 is 10.3 Å². The molecule has 2 N–H and O–H groups in total. The minimum atomic E-state index is 0.759. The number of rotatable bonds is 5. The fourth-order valence-corrected chi connectivity index (χ4v) is 3.38. The molecule has 1 saturated carbocycles. The van der Waals surface area contributed by atoms with Crippen molar-refractivity contribution >= 4 is 10.9 Å². The number of benzene rings is 1. The lowest BCUT2D eigenvalue weighted by Gasteiger charge is -2.12. The van der Waals surface area contributed by atoms with Gasteiger partial charge in [0.15, 0.2) is 0 Å². The van der Waals surface area contributed by atoms with Gasteiger partial charge in [0, 0.05) is 23.1 Å². The third-order valence-corrected chi connectivity index (χ3v) is 4.62. The van der Waals surface area contributed by atoms with Crippen LogP contribution in [0.3, 0.4) is 0 Å². The van der Waals surface area contributed by atoms with Crippen molar-refractivity contribution in [3.05, 3.63) is 36.0 Å². The van der Waals surface area contributed by atoms with Gasteiger partial charge in [0.1, 0.15) is 0 Å². The Balaban J connectivity index is 1.53. The standard InChI is InChI=1S/C17H24N2/c1-2-13-7-8-15(11-13)18-10-9-14-12-19-17-6-4-3-5-16(14)17/h3-6,12-13,15,18-19H,2,7-11H2,1H3. The maximum Gasteiger partial charge on any atom is 0.0456 e. The molecule has 0 saturated heterocycles. The quantitative estimate of drug-likeness (QED) is 0.835. The Morgan fingerprint density at radius 3 is 3.00 bits per heavy atom. The number of fused-ring (bicyclic) bond motifs is 1. The van der Waals surface area contributed by atoms with Crippen LogP contribution in [0.15, 0.2) is 30.5 Å². The molecule has 2 heteroatoms. The summed E-state index contributed by atoms with van der Waals surface area (Å²) < 4.78 is 0. The van der Waals surface area contributed by atoms with Crippen molar-refractivity contribution in [3.8, 4) is 0 Å². The molecule has 1 aliphatic carbocycles. The summed E-state index contributed by atoms with van der Waals surface area (Å²) in [6.45, 7) is 3.42. The molecule has 0 aliphatic heterocycles. The maximum absolute atomic E-state index is 3.73. The van der Waals surface area contributed by atoms with Gasteiger partial charge in [-0.2, -0.15) is 0 Å². The predicted molar refractivity (Wildman–Crippen MR) is 81.4 cm³/mol. The van der Waals surface area contributed by atoms with Crippen molar-refractivity contribution in [3.63, 3.8) is 0 Å². The third kappa shape index (κ3) is 2.84. The highest BCUT2D eigenvalue weighted by Gasteiger charge is 2.22. The fourth-order valence-electron chi connectivity index (χ4n) is 3.38. The summed E-state index contributed by atoms with van der Waals surface area (Å²) in [6, 6.07) is 9.33. The van der Waals surface area contributed by atoms with Gasteiger partial charge in [0.05, 0.1) is 0 Å². The first-order chi connectivity index (χ1) is 9.36. The van der Waals surface area contributed by atoms with Gasteiger partial charge in [-0.1, -0.05) is 31.5 Å². The van der Waals surface area contributed by atoms with Crippen LogP contribution < -0.4 is 5.32 Å². The van der Waals surface area contributed by atoms with E-state index >= 15 is 0 Å². The molecule has 0 spiro atoms. The molecule has 19 heavy (non-hydrogen) atoms. The van der Waals surface area contributed by atoms with Crippen molar-refractivity contribution in [2.75, 3.05) is 6.54 Å². The van der Waals surface area contributed by atoms with E-state index in [9.17, 15) is 0 Å². The number of hydrogen-bond donors (Lipinski definition) is 2. The van der Waals surface area contributed by atoms with Crippen molar-refractivity contribution < 1.29 is 0 Å². The summed E-state index contributed by atoms with van der Waals surface area (Å²) in [5.41, 5.74) is 2.69. The van der Waals surface area contributed by atoms with E-state index in [0.717, 1.165) is 24.9 Å².